The Kier molecular flexibility index (Phi) is 4.53. The highest BCUT2D eigenvalue weighted by Crippen LogP contribution is 2.38. The molecule has 0 atom stereocenters. The zero-order valence-electron chi connectivity index (χ0n) is 15.6. The minimum atomic E-state index is -0.477. The van der Waals surface area contributed by atoms with E-state index in [9.17, 15) is 9.59 Å². The van der Waals surface area contributed by atoms with Crippen LogP contribution in [0.1, 0.15) is 27.6 Å². The normalized spacial score (nSPS) is 10.8. The molecule has 0 saturated carbocycles. The third-order valence-corrected chi connectivity index (χ3v) is 4.75. The highest BCUT2D eigenvalue weighted by molar-refractivity contribution is 6.08. The van der Waals surface area contributed by atoms with Crippen LogP contribution in [-0.4, -0.2) is 18.9 Å². The van der Waals surface area contributed by atoms with Crippen molar-refractivity contribution in [3.63, 3.8) is 0 Å². The Balaban J connectivity index is 1.77. The number of carbonyl (C=O) groups excluding carboxylic acids is 2. The maximum absolute atomic E-state index is 12.6. The first-order chi connectivity index (χ1) is 13.6. The monoisotopic (exact) mass is 370 g/mol. The number of methoxy groups -OCH3 is 1. The topological polar surface area (TPSA) is 52.6 Å². The molecular weight excluding hydrogens is 352 g/mol. The van der Waals surface area contributed by atoms with E-state index >= 15 is 0 Å². The molecule has 4 nitrogen and oxygen atoms in total. The molecule has 0 saturated heterocycles. The third kappa shape index (κ3) is 3.09. The molecular formula is C24H18O4. The van der Waals surface area contributed by atoms with Gasteiger partial charge in [-0.1, -0.05) is 48.5 Å². The summed E-state index contributed by atoms with van der Waals surface area (Å²) in [6.07, 6.45) is 0. The molecule has 0 unspecified atom stereocenters. The lowest BCUT2D eigenvalue weighted by Gasteiger charge is -2.13. The van der Waals surface area contributed by atoms with Crippen LogP contribution in [0.15, 0.2) is 72.8 Å². The molecule has 138 valence electrons. The molecule has 4 rings (SSSR count). The van der Waals surface area contributed by atoms with E-state index in [2.05, 4.69) is 0 Å². The number of carbonyl (C=O) groups is 2. The average molecular weight is 370 g/mol. The van der Waals surface area contributed by atoms with E-state index in [1.54, 1.807) is 37.4 Å². The molecule has 0 bridgehead atoms. The van der Waals surface area contributed by atoms with Crippen molar-refractivity contribution >= 4 is 33.3 Å². The Morgan fingerprint density at radius 3 is 2.14 bits per heavy atom. The van der Waals surface area contributed by atoms with E-state index in [1.807, 2.05) is 42.5 Å². The van der Waals surface area contributed by atoms with Crippen LogP contribution in [-0.2, 0) is 0 Å². The highest BCUT2D eigenvalue weighted by atomic mass is 16.5. The Morgan fingerprint density at radius 1 is 0.750 bits per heavy atom. The van der Waals surface area contributed by atoms with Crippen molar-refractivity contribution in [2.45, 2.75) is 6.92 Å². The fourth-order valence-electron chi connectivity index (χ4n) is 3.33. The first-order valence-electron chi connectivity index (χ1n) is 8.90. The second kappa shape index (κ2) is 7.16. The number of Topliss-reactive ketones (excluding diaryl/α,β-unsaturated/α-hetero) is 1. The van der Waals surface area contributed by atoms with E-state index in [0.717, 1.165) is 27.3 Å². The average Bonchev–Trinajstić information content (AvgIpc) is 2.72. The lowest BCUT2D eigenvalue weighted by atomic mass is 10.0. The van der Waals surface area contributed by atoms with Gasteiger partial charge in [0.25, 0.3) is 0 Å². The van der Waals surface area contributed by atoms with Gasteiger partial charge in [0.05, 0.1) is 12.7 Å². The van der Waals surface area contributed by atoms with Crippen LogP contribution < -0.4 is 9.47 Å². The van der Waals surface area contributed by atoms with Gasteiger partial charge in [-0.2, -0.15) is 0 Å². The van der Waals surface area contributed by atoms with E-state index in [0.29, 0.717) is 16.9 Å². The van der Waals surface area contributed by atoms with Crippen LogP contribution in [0.2, 0.25) is 0 Å². The van der Waals surface area contributed by atoms with Crippen LogP contribution in [0.5, 0.6) is 11.5 Å². The summed E-state index contributed by atoms with van der Waals surface area (Å²) < 4.78 is 11.3. The number of hydrogen-bond donors (Lipinski definition) is 0. The summed E-state index contributed by atoms with van der Waals surface area (Å²) in [6.45, 7) is 1.49. The van der Waals surface area contributed by atoms with Gasteiger partial charge in [0.2, 0.25) is 0 Å². The van der Waals surface area contributed by atoms with Gasteiger partial charge in [0.15, 0.2) is 5.78 Å². The van der Waals surface area contributed by atoms with Crippen LogP contribution in [0, 0.1) is 0 Å². The van der Waals surface area contributed by atoms with Gasteiger partial charge in [-0.15, -0.1) is 0 Å². The molecule has 4 heteroatoms. The first kappa shape index (κ1) is 17.7. The van der Waals surface area contributed by atoms with E-state index in [4.69, 9.17) is 9.47 Å². The fraction of sp³-hybridized carbons (Fsp3) is 0.0833. The Morgan fingerprint density at radius 2 is 1.43 bits per heavy atom. The van der Waals surface area contributed by atoms with Crippen molar-refractivity contribution in [3.05, 3.63) is 83.9 Å². The molecule has 4 aromatic carbocycles. The van der Waals surface area contributed by atoms with Crippen LogP contribution in [0.4, 0.5) is 0 Å². The van der Waals surface area contributed by atoms with Gasteiger partial charge in [-0.05, 0) is 36.6 Å². The fourth-order valence-corrected chi connectivity index (χ4v) is 3.33. The summed E-state index contributed by atoms with van der Waals surface area (Å²) >= 11 is 0. The smallest absolute Gasteiger partial charge is 0.343 e. The zero-order chi connectivity index (χ0) is 19.7. The molecule has 0 radical (unpaired) electrons. The number of fused-ring (bicyclic) bond motifs is 2. The minimum Gasteiger partial charge on any atom is -0.495 e. The van der Waals surface area contributed by atoms with Gasteiger partial charge in [0, 0.05) is 21.7 Å². The minimum absolute atomic E-state index is 0.0482. The van der Waals surface area contributed by atoms with Gasteiger partial charge < -0.3 is 9.47 Å². The maximum atomic E-state index is 12.6. The van der Waals surface area contributed by atoms with E-state index in [1.165, 1.54) is 6.92 Å². The zero-order valence-corrected chi connectivity index (χ0v) is 15.6. The molecule has 0 N–H and O–H groups in total. The number of benzene rings is 4. The molecule has 0 spiro atoms. The standard InChI is InChI=1S/C24H18O4/c1-15(25)16-10-12-17(13-11-16)24(26)28-22-9-5-8-20-21(22)14-18-6-3-4-7-19(18)23(20)27-2/h3-14H,1-2H3. The quantitative estimate of drug-likeness (QED) is 0.208. The number of esters is 1. The number of ketones is 1. The van der Waals surface area contributed by atoms with Crippen molar-refractivity contribution < 1.29 is 19.1 Å². The molecule has 4 aromatic rings. The molecule has 0 aliphatic rings. The number of hydrogen-bond acceptors (Lipinski definition) is 4. The molecule has 0 aliphatic carbocycles. The van der Waals surface area contributed by atoms with Crippen molar-refractivity contribution in [2.24, 2.45) is 0 Å². The number of rotatable bonds is 4. The predicted molar refractivity (Wildman–Crippen MR) is 109 cm³/mol. The summed E-state index contributed by atoms with van der Waals surface area (Å²) in [4.78, 5) is 24.0. The Hall–Kier alpha value is -3.66. The lowest BCUT2D eigenvalue weighted by Crippen LogP contribution is -2.09. The Bertz CT molecular complexity index is 1210. The summed E-state index contributed by atoms with van der Waals surface area (Å²) in [7, 11) is 1.64. The molecule has 0 aromatic heterocycles. The van der Waals surface area contributed by atoms with Gasteiger partial charge >= 0.3 is 5.97 Å². The van der Waals surface area contributed by atoms with Gasteiger partial charge in [-0.25, -0.2) is 4.79 Å². The largest absolute Gasteiger partial charge is 0.495 e. The van der Waals surface area contributed by atoms with Crippen LogP contribution in [0.25, 0.3) is 21.5 Å². The predicted octanol–water partition coefficient (Wildman–Crippen LogP) is 5.42. The molecule has 0 aliphatic heterocycles. The van der Waals surface area contributed by atoms with Crippen molar-refractivity contribution in [1.29, 1.82) is 0 Å². The molecule has 0 amide bonds. The van der Waals surface area contributed by atoms with Crippen molar-refractivity contribution in [1.82, 2.24) is 0 Å². The maximum Gasteiger partial charge on any atom is 0.343 e. The molecule has 28 heavy (non-hydrogen) atoms. The molecule has 0 fully saturated rings. The van der Waals surface area contributed by atoms with Crippen molar-refractivity contribution in [3.8, 4) is 11.5 Å². The molecule has 0 heterocycles. The van der Waals surface area contributed by atoms with E-state index in [-0.39, 0.29) is 5.78 Å². The highest BCUT2D eigenvalue weighted by Gasteiger charge is 2.15. The lowest BCUT2D eigenvalue weighted by molar-refractivity contribution is 0.0736. The summed E-state index contributed by atoms with van der Waals surface area (Å²) in [6, 6.07) is 21.9. The van der Waals surface area contributed by atoms with Crippen LogP contribution >= 0.6 is 0 Å². The van der Waals surface area contributed by atoms with Crippen LogP contribution in [0.3, 0.4) is 0 Å². The van der Waals surface area contributed by atoms with Gasteiger partial charge in [0.1, 0.15) is 11.5 Å². The SMILES string of the molecule is COc1c2ccccc2cc2c(OC(=O)c3ccc(C(C)=O)cc3)cccc12. The van der Waals surface area contributed by atoms with Gasteiger partial charge in [-0.3, -0.25) is 4.79 Å². The third-order valence-electron chi connectivity index (χ3n) is 4.75. The van der Waals surface area contributed by atoms with Crippen molar-refractivity contribution in [2.75, 3.05) is 7.11 Å². The Labute approximate surface area is 162 Å². The van der Waals surface area contributed by atoms with E-state index < -0.39 is 5.97 Å². The first-order valence-corrected chi connectivity index (χ1v) is 8.90. The summed E-state index contributed by atoms with van der Waals surface area (Å²) in [5, 5.41) is 3.67. The summed E-state index contributed by atoms with van der Waals surface area (Å²) in [5.41, 5.74) is 0.938. The second-order valence-corrected chi connectivity index (χ2v) is 6.51. The number of ether oxygens (including phenoxy) is 2. The summed E-state index contributed by atoms with van der Waals surface area (Å²) in [5.74, 6) is 0.682. The second-order valence-electron chi connectivity index (χ2n) is 6.51.